The molecule has 2 unspecified atom stereocenters. The maximum Gasteiger partial charge on any atom is 0.331 e. The van der Waals surface area contributed by atoms with Gasteiger partial charge in [0.25, 0.3) is 0 Å². The standard InChI is InChI=1S/C28H30FNO3/c1-16-7-12-24-22(13-16)28(6,18-9-11-21(23(29)14-18)27(3,4)5)26(33)30(24)19-10-8-17(2)20(15-19)25(31)32/h7,9-15,17H,8H2,1-6H3,(H,31,32). The third-order valence-corrected chi connectivity index (χ3v) is 6.94. The number of aliphatic carboxylic acids is 1. The Bertz CT molecular complexity index is 1230. The van der Waals surface area contributed by atoms with Gasteiger partial charge in [0.2, 0.25) is 5.91 Å². The van der Waals surface area contributed by atoms with Crippen LogP contribution in [0.15, 0.2) is 59.8 Å². The zero-order valence-corrected chi connectivity index (χ0v) is 20.0. The molecule has 0 fully saturated rings. The molecule has 1 amide bonds. The van der Waals surface area contributed by atoms with E-state index in [1.165, 1.54) is 6.07 Å². The van der Waals surface area contributed by atoms with Crippen molar-refractivity contribution >= 4 is 17.6 Å². The smallest absolute Gasteiger partial charge is 0.331 e. The molecule has 0 saturated carbocycles. The lowest BCUT2D eigenvalue weighted by Crippen LogP contribution is -2.39. The molecule has 1 heterocycles. The number of allylic oxidation sites excluding steroid dienone is 2. The number of carboxylic acids is 1. The molecule has 172 valence electrons. The van der Waals surface area contributed by atoms with Gasteiger partial charge in [-0.1, -0.05) is 63.6 Å². The highest BCUT2D eigenvalue weighted by molar-refractivity contribution is 6.13. The first-order valence-corrected chi connectivity index (χ1v) is 11.3. The Kier molecular flexibility index (Phi) is 5.35. The van der Waals surface area contributed by atoms with Gasteiger partial charge in [-0.3, -0.25) is 9.69 Å². The number of benzene rings is 2. The molecular formula is C28H30FNO3. The topological polar surface area (TPSA) is 57.6 Å². The number of hydrogen-bond acceptors (Lipinski definition) is 2. The normalized spacial score (nSPS) is 22.7. The van der Waals surface area contributed by atoms with Gasteiger partial charge in [-0.05, 0) is 66.5 Å². The van der Waals surface area contributed by atoms with Gasteiger partial charge in [0.15, 0.2) is 0 Å². The van der Waals surface area contributed by atoms with Crippen molar-refractivity contribution in [2.45, 2.75) is 58.8 Å². The van der Waals surface area contributed by atoms with Crippen molar-refractivity contribution in [2.75, 3.05) is 4.90 Å². The maximum atomic E-state index is 15.2. The molecule has 2 atom stereocenters. The molecule has 0 saturated heterocycles. The van der Waals surface area contributed by atoms with E-state index < -0.39 is 11.4 Å². The predicted molar refractivity (Wildman–Crippen MR) is 128 cm³/mol. The number of fused-ring (bicyclic) bond motifs is 1. The van der Waals surface area contributed by atoms with E-state index in [1.807, 2.05) is 71.9 Å². The van der Waals surface area contributed by atoms with Crippen LogP contribution in [0.5, 0.6) is 0 Å². The van der Waals surface area contributed by atoms with Gasteiger partial charge < -0.3 is 5.11 Å². The van der Waals surface area contributed by atoms with Gasteiger partial charge in [0, 0.05) is 11.3 Å². The van der Waals surface area contributed by atoms with Gasteiger partial charge in [-0.2, -0.15) is 0 Å². The highest BCUT2D eigenvalue weighted by Gasteiger charge is 2.50. The Labute approximate surface area is 194 Å². The van der Waals surface area contributed by atoms with Crippen molar-refractivity contribution in [3.63, 3.8) is 0 Å². The Morgan fingerprint density at radius 1 is 1.18 bits per heavy atom. The van der Waals surface area contributed by atoms with Crippen LogP contribution in [-0.4, -0.2) is 17.0 Å². The molecule has 4 nitrogen and oxygen atoms in total. The molecule has 1 aliphatic carbocycles. The minimum absolute atomic E-state index is 0.133. The molecule has 2 aliphatic rings. The van der Waals surface area contributed by atoms with E-state index in [1.54, 1.807) is 17.0 Å². The number of halogens is 1. The molecule has 0 spiro atoms. The first-order chi connectivity index (χ1) is 15.4. The zero-order valence-electron chi connectivity index (χ0n) is 20.0. The third-order valence-electron chi connectivity index (χ3n) is 6.94. The Balaban J connectivity index is 1.89. The fraction of sp³-hybridized carbons (Fsp3) is 0.357. The second-order valence-electron chi connectivity index (χ2n) is 10.4. The minimum Gasteiger partial charge on any atom is -0.478 e. The summed E-state index contributed by atoms with van der Waals surface area (Å²) in [6.07, 6.45) is 4.03. The van der Waals surface area contributed by atoms with E-state index in [0.29, 0.717) is 28.9 Å². The highest BCUT2D eigenvalue weighted by atomic mass is 19.1. The van der Waals surface area contributed by atoms with Gasteiger partial charge in [-0.25, -0.2) is 9.18 Å². The Morgan fingerprint density at radius 3 is 2.48 bits per heavy atom. The summed E-state index contributed by atoms with van der Waals surface area (Å²) >= 11 is 0. The van der Waals surface area contributed by atoms with Crippen LogP contribution in [0, 0.1) is 18.7 Å². The molecular weight excluding hydrogens is 417 g/mol. The number of carbonyl (C=O) groups is 2. The van der Waals surface area contributed by atoms with Crippen LogP contribution in [0.4, 0.5) is 10.1 Å². The first-order valence-electron chi connectivity index (χ1n) is 11.3. The number of amides is 1. The summed E-state index contributed by atoms with van der Waals surface area (Å²) in [5.41, 5.74) is 3.05. The van der Waals surface area contributed by atoms with Crippen LogP contribution in [0.25, 0.3) is 0 Å². The van der Waals surface area contributed by atoms with Gasteiger partial charge in [0.1, 0.15) is 5.82 Å². The van der Waals surface area contributed by atoms with Gasteiger partial charge in [0.05, 0.1) is 11.1 Å². The average Bonchev–Trinajstić information content (AvgIpc) is 2.95. The zero-order chi connectivity index (χ0) is 24.3. The molecule has 0 radical (unpaired) electrons. The van der Waals surface area contributed by atoms with Crippen LogP contribution < -0.4 is 4.90 Å². The van der Waals surface area contributed by atoms with E-state index in [-0.39, 0.29) is 28.6 Å². The highest BCUT2D eigenvalue weighted by Crippen LogP contribution is 2.49. The summed E-state index contributed by atoms with van der Waals surface area (Å²) in [5, 5.41) is 9.63. The maximum absolute atomic E-state index is 15.2. The summed E-state index contributed by atoms with van der Waals surface area (Å²) in [6.45, 7) is 11.5. The lowest BCUT2D eigenvalue weighted by molar-refractivity contribution is -0.133. The van der Waals surface area contributed by atoms with Crippen molar-refractivity contribution in [2.24, 2.45) is 5.92 Å². The summed E-state index contributed by atoms with van der Waals surface area (Å²) in [6, 6.07) is 10.9. The van der Waals surface area contributed by atoms with Crippen molar-refractivity contribution < 1.29 is 19.1 Å². The quantitative estimate of drug-likeness (QED) is 0.626. The largest absolute Gasteiger partial charge is 0.478 e. The fourth-order valence-corrected chi connectivity index (χ4v) is 4.88. The number of hydrogen-bond donors (Lipinski definition) is 1. The van der Waals surface area contributed by atoms with Gasteiger partial charge >= 0.3 is 5.97 Å². The molecule has 1 aliphatic heterocycles. The van der Waals surface area contributed by atoms with E-state index >= 15 is 4.39 Å². The van der Waals surface area contributed by atoms with Gasteiger partial charge in [-0.15, -0.1) is 0 Å². The predicted octanol–water partition coefficient (Wildman–Crippen LogP) is 6.02. The van der Waals surface area contributed by atoms with Crippen molar-refractivity contribution in [3.8, 4) is 0 Å². The number of carboxylic acid groups (broad SMARTS) is 1. The average molecular weight is 448 g/mol. The summed E-state index contributed by atoms with van der Waals surface area (Å²) in [5.74, 6) is -1.66. The molecule has 4 rings (SSSR count). The Morgan fingerprint density at radius 2 is 1.88 bits per heavy atom. The molecule has 2 aromatic rings. The molecule has 0 aromatic heterocycles. The number of aryl methyl sites for hydroxylation is 1. The number of anilines is 1. The van der Waals surface area contributed by atoms with E-state index in [2.05, 4.69) is 0 Å². The summed E-state index contributed by atoms with van der Waals surface area (Å²) in [4.78, 5) is 27.4. The minimum atomic E-state index is -1.10. The summed E-state index contributed by atoms with van der Waals surface area (Å²) in [7, 11) is 0. The second-order valence-corrected chi connectivity index (χ2v) is 10.4. The van der Waals surface area contributed by atoms with E-state index in [9.17, 15) is 14.7 Å². The molecule has 5 heteroatoms. The van der Waals surface area contributed by atoms with Crippen molar-refractivity contribution in [1.82, 2.24) is 0 Å². The van der Waals surface area contributed by atoms with Crippen LogP contribution >= 0.6 is 0 Å². The lowest BCUT2D eigenvalue weighted by atomic mass is 9.75. The molecule has 1 N–H and O–H groups in total. The molecule has 2 aromatic carbocycles. The number of rotatable bonds is 3. The van der Waals surface area contributed by atoms with Crippen LogP contribution in [0.2, 0.25) is 0 Å². The SMILES string of the molecule is Cc1ccc2c(c1)C(C)(c1ccc(C(C)(C)C)c(F)c1)C(=O)N2C1=CCC(C)C(C(=O)O)=C1. The van der Waals surface area contributed by atoms with Crippen LogP contribution in [0.3, 0.4) is 0 Å². The van der Waals surface area contributed by atoms with E-state index in [4.69, 9.17) is 0 Å². The Hall–Kier alpha value is -3.21. The van der Waals surface area contributed by atoms with Crippen LogP contribution in [0.1, 0.15) is 63.3 Å². The third kappa shape index (κ3) is 3.60. The summed E-state index contributed by atoms with van der Waals surface area (Å²) < 4.78 is 15.2. The monoisotopic (exact) mass is 447 g/mol. The van der Waals surface area contributed by atoms with Crippen molar-refractivity contribution in [3.05, 3.63) is 87.9 Å². The molecule has 33 heavy (non-hydrogen) atoms. The second kappa shape index (κ2) is 7.68. The fourth-order valence-electron chi connectivity index (χ4n) is 4.88. The molecule has 0 bridgehead atoms. The van der Waals surface area contributed by atoms with E-state index in [0.717, 1.165) is 11.1 Å². The number of carbonyl (C=O) groups excluding carboxylic acids is 1. The van der Waals surface area contributed by atoms with Crippen LogP contribution in [-0.2, 0) is 20.4 Å². The number of nitrogens with zero attached hydrogens (tertiary/aromatic N) is 1. The van der Waals surface area contributed by atoms with Crippen molar-refractivity contribution in [1.29, 1.82) is 0 Å². The first kappa shape index (κ1) is 23.0. The lowest BCUT2D eigenvalue weighted by Gasteiger charge is -2.28.